The van der Waals surface area contributed by atoms with Crippen molar-refractivity contribution in [2.45, 2.75) is 20.3 Å². The van der Waals surface area contributed by atoms with Crippen LogP contribution in [0.25, 0.3) is 0 Å². The van der Waals surface area contributed by atoms with E-state index in [1.807, 2.05) is 33.2 Å². The third-order valence-electron chi connectivity index (χ3n) is 3.83. The largest absolute Gasteiger partial charge is 0.481 e. The van der Waals surface area contributed by atoms with E-state index in [4.69, 9.17) is 5.11 Å². The Labute approximate surface area is 111 Å². The van der Waals surface area contributed by atoms with Crippen molar-refractivity contribution in [3.05, 3.63) is 18.0 Å². The van der Waals surface area contributed by atoms with Gasteiger partial charge in [0.05, 0.1) is 17.5 Å². The van der Waals surface area contributed by atoms with Gasteiger partial charge in [0.2, 0.25) is 5.91 Å². The van der Waals surface area contributed by atoms with Crippen LogP contribution >= 0.6 is 0 Å². The highest BCUT2D eigenvalue weighted by molar-refractivity contribution is 5.91. The second kappa shape index (κ2) is 4.68. The molecule has 0 aliphatic heterocycles. The van der Waals surface area contributed by atoms with Gasteiger partial charge in [-0.1, -0.05) is 13.8 Å². The fourth-order valence-corrected chi connectivity index (χ4v) is 2.61. The van der Waals surface area contributed by atoms with Gasteiger partial charge in [0.25, 0.3) is 0 Å². The molecule has 2 atom stereocenters. The Balaban J connectivity index is 1.81. The van der Waals surface area contributed by atoms with Gasteiger partial charge in [0.1, 0.15) is 0 Å². The lowest BCUT2D eigenvalue weighted by Gasteiger charge is -2.04. The van der Waals surface area contributed by atoms with Gasteiger partial charge in [-0.3, -0.25) is 14.3 Å². The second-order valence-corrected chi connectivity index (χ2v) is 5.64. The smallest absolute Gasteiger partial charge is 0.307 e. The van der Waals surface area contributed by atoms with E-state index in [-0.39, 0.29) is 5.91 Å². The Morgan fingerprint density at radius 1 is 1.47 bits per heavy atom. The summed E-state index contributed by atoms with van der Waals surface area (Å²) in [4.78, 5) is 22.9. The van der Waals surface area contributed by atoms with Crippen molar-refractivity contribution in [3.63, 3.8) is 0 Å². The van der Waals surface area contributed by atoms with Gasteiger partial charge in [-0.15, -0.1) is 0 Å². The number of nitrogens with zero attached hydrogens (tertiary/aromatic N) is 2. The van der Waals surface area contributed by atoms with Gasteiger partial charge in [-0.25, -0.2) is 0 Å². The number of amides is 1. The summed E-state index contributed by atoms with van der Waals surface area (Å²) in [6, 6.07) is 1.90. The van der Waals surface area contributed by atoms with Crippen LogP contribution in [0.2, 0.25) is 0 Å². The molecule has 0 saturated heterocycles. The maximum absolute atomic E-state index is 11.9. The predicted octanol–water partition coefficient (Wildman–Crippen LogP) is 0.436. The summed E-state index contributed by atoms with van der Waals surface area (Å²) in [7, 11) is 1.84. The van der Waals surface area contributed by atoms with E-state index in [1.54, 1.807) is 4.68 Å². The number of hydrogen-bond donors (Lipinski definition) is 2. The van der Waals surface area contributed by atoms with Crippen LogP contribution in [-0.2, 0) is 23.1 Å². The number of nitrogens with one attached hydrogen (secondary N) is 1. The predicted molar refractivity (Wildman–Crippen MR) is 68.3 cm³/mol. The first-order valence-corrected chi connectivity index (χ1v) is 6.33. The lowest BCUT2D eigenvalue weighted by Crippen LogP contribution is -2.29. The maximum atomic E-state index is 11.9. The van der Waals surface area contributed by atoms with E-state index < -0.39 is 23.2 Å². The van der Waals surface area contributed by atoms with Crippen molar-refractivity contribution in [1.82, 2.24) is 15.1 Å². The highest BCUT2D eigenvalue weighted by Crippen LogP contribution is 2.58. The number of aromatic nitrogens is 2. The molecule has 0 spiro atoms. The molecular formula is C13H19N3O3. The van der Waals surface area contributed by atoms with Gasteiger partial charge in [0.15, 0.2) is 0 Å². The molecule has 1 fully saturated rings. The lowest BCUT2D eigenvalue weighted by molar-refractivity contribution is -0.140. The molecule has 2 N–H and O–H groups in total. The van der Waals surface area contributed by atoms with Crippen LogP contribution in [0.3, 0.4) is 0 Å². The van der Waals surface area contributed by atoms with E-state index in [9.17, 15) is 9.59 Å². The molecule has 6 heteroatoms. The third kappa shape index (κ3) is 2.62. The van der Waals surface area contributed by atoms with Gasteiger partial charge in [-0.2, -0.15) is 5.10 Å². The Morgan fingerprint density at radius 2 is 2.16 bits per heavy atom. The Hall–Kier alpha value is -1.85. The molecule has 0 aromatic carbocycles. The van der Waals surface area contributed by atoms with Gasteiger partial charge in [-0.05, 0) is 11.5 Å². The van der Waals surface area contributed by atoms with Crippen molar-refractivity contribution in [1.29, 1.82) is 0 Å². The number of carbonyl (C=O) groups excluding carboxylic acids is 1. The molecule has 1 amide bonds. The highest BCUT2D eigenvalue weighted by Gasteiger charge is 2.65. The zero-order valence-electron chi connectivity index (χ0n) is 11.4. The summed E-state index contributed by atoms with van der Waals surface area (Å²) < 4.78 is 1.71. The van der Waals surface area contributed by atoms with Crippen LogP contribution in [0.15, 0.2) is 12.3 Å². The summed E-state index contributed by atoms with van der Waals surface area (Å²) in [6.45, 7) is 4.11. The molecule has 1 saturated carbocycles. The maximum Gasteiger partial charge on any atom is 0.307 e. The van der Waals surface area contributed by atoms with Crippen LogP contribution in [-0.4, -0.2) is 33.3 Å². The summed E-state index contributed by atoms with van der Waals surface area (Å²) in [5.74, 6) is -2.06. The molecule has 104 valence electrons. The molecule has 0 radical (unpaired) electrons. The number of carboxylic acids is 1. The van der Waals surface area contributed by atoms with Crippen molar-refractivity contribution >= 4 is 11.9 Å². The molecule has 1 aromatic rings. The van der Waals surface area contributed by atoms with Crippen molar-refractivity contribution < 1.29 is 14.7 Å². The highest BCUT2D eigenvalue weighted by atomic mass is 16.4. The molecule has 2 unspecified atom stereocenters. The standard InChI is InChI=1S/C13H19N3O3/c1-13(2)9(10(13)12(18)19)11(17)14-6-4-8-5-7-16(3)15-8/h5,7,9-10H,4,6H2,1-3H3,(H,14,17)(H,18,19). The van der Waals surface area contributed by atoms with Gasteiger partial charge >= 0.3 is 5.97 Å². The molecule has 0 bridgehead atoms. The topological polar surface area (TPSA) is 84.2 Å². The first-order chi connectivity index (χ1) is 8.84. The van der Waals surface area contributed by atoms with Crippen molar-refractivity contribution in [2.24, 2.45) is 24.3 Å². The normalized spacial score (nSPS) is 23.9. The quantitative estimate of drug-likeness (QED) is 0.809. The van der Waals surface area contributed by atoms with Gasteiger partial charge in [0, 0.05) is 26.2 Å². The minimum absolute atomic E-state index is 0.173. The first kappa shape index (κ1) is 13.6. The number of hydrogen-bond acceptors (Lipinski definition) is 3. The average Bonchev–Trinajstić information content (AvgIpc) is 2.65. The number of rotatable bonds is 5. The summed E-state index contributed by atoms with van der Waals surface area (Å²) in [6.07, 6.45) is 2.50. The average molecular weight is 265 g/mol. The SMILES string of the molecule is Cn1ccc(CCNC(=O)C2C(C(=O)O)C2(C)C)n1. The fourth-order valence-electron chi connectivity index (χ4n) is 2.61. The fraction of sp³-hybridized carbons (Fsp3) is 0.615. The van der Waals surface area contributed by atoms with Crippen LogP contribution in [0.1, 0.15) is 19.5 Å². The molecule has 19 heavy (non-hydrogen) atoms. The summed E-state index contributed by atoms with van der Waals surface area (Å²) in [5, 5.41) is 16.0. The number of carbonyl (C=O) groups is 2. The molecule has 6 nitrogen and oxygen atoms in total. The minimum atomic E-state index is -0.894. The Kier molecular flexibility index (Phi) is 3.34. The van der Waals surface area contributed by atoms with Crippen LogP contribution in [0.5, 0.6) is 0 Å². The lowest BCUT2D eigenvalue weighted by atomic mass is 10.1. The molecular weight excluding hydrogens is 246 g/mol. The van der Waals surface area contributed by atoms with E-state index in [0.717, 1.165) is 5.69 Å². The molecule has 1 aliphatic rings. The van der Waals surface area contributed by atoms with E-state index in [1.165, 1.54) is 0 Å². The Bertz CT molecular complexity index is 507. The van der Waals surface area contributed by atoms with Crippen molar-refractivity contribution in [2.75, 3.05) is 6.54 Å². The second-order valence-electron chi connectivity index (χ2n) is 5.64. The molecule has 1 aliphatic carbocycles. The number of carboxylic acid groups (broad SMARTS) is 1. The van der Waals surface area contributed by atoms with E-state index in [0.29, 0.717) is 13.0 Å². The Morgan fingerprint density at radius 3 is 2.63 bits per heavy atom. The number of aliphatic carboxylic acids is 1. The number of aryl methyl sites for hydroxylation is 1. The van der Waals surface area contributed by atoms with Gasteiger partial charge < -0.3 is 10.4 Å². The zero-order chi connectivity index (χ0) is 14.2. The minimum Gasteiger partial charge on any atom is -0.481 e. The third-order valence-corrected chi connectivity index (χ3v) is 3.83. The van der Waals surface area contributed by atoms with Crippen LogP contribution < -0.4 is 5.32 Å². The molecule has 1 heterocycles. The molecule has 2 rings (SSSR count). The van der Waals surface area contributed by atoms with E-state index in [2.05, 4.69) is 10.4 Å². The summed E-state index contributed by atoms with van der Waals surface area (Å²) in [5.41, 5.74) is 0.466. The van der Waals surface area contributed by atoms with Crippen LogP contribution in [0.4, 0.5) is 0 Å². The van der Waals surface area contributed by atoms with Crippen molar-refractivity contribution in [3.8, 4) is 0 Å². The zero-order valence-corrected chi connectivity index (χ0v) is 11.4. The van der Waals surface area contributed by atoms with Crippen LogP contribution in [0, 0.1) is 17.3 Å². The summed E-state index contributed by atoms with van der Waals surface area (Å²) >= 11 is 0. The molecule has 1 aromatic heterocycles. The monoisotopic (exact) mass is 265 g/mol. The van der Waals surface area contributed by atoms with E-state index >= 15 is 0 Å². The first-order valence-electron chi connectivity index (χ1n) is 6.33.